The Labute approximate surface area is 153 Å². The second-order valence-electron chi connectivity index (χ2n) is 6.35. The van der Waals surface area contributed by atoms with E-state index in [1.54, 1.807) is 24.3 Å². The van der Waals surface area contributed by atoms with E-state index in [-0.39, 0.29) is 6.04 Å². The van der Waals surface area contributed by atoms with Crippen molar-refractivity contribution in [2.45, 2.75) is 30.8 Å². The number of hydrogen-bond acceptors (Lipinski definition) is 4. The smallest absolute Gasteiger partial charge is 0.240 e. The standard InChI is InChI=1S/C18H22ClN3O2S/c1-13-2-6-17(7-3-13)25(23,24)21-15-8-9-22(12-15)16-5-4-14(11-20)18(19)10-16/h2-7,10,15,21H,8-9,11-12,20H2,1H3/t15-/m1/s1. The first kappa shape index (κ1) is 18.2. The van der Waals surface area contributed by atoms with Gasteiger partial charge >= 0.3 is 0 Å². The minimum absolute atomic E-state index is 0.126. The van der Waals surface area contributed by atoms with Gasteiger partial charge < -0.3 is 10.6 Å². The predicted octanol–water partition coefficient (Wildman–Crippen LogP) is 2.66. The van der Waals surface area contributed by atoms with Crippen LogP contribution in [0.15, 0.2) is 47.4 Å². The van der Waals surface area contributed by atoms with Crippen molar-refractivity contribution < 1.29 is 8.42 Å². The first-order chi connectivity index (χ1) is 11.9. The number of nitrogens with one attached hydrogen (secondary N) is 1. The van der Waals surface area contributed by atoms with Crippen LogP contribution in [0.3, 0.4) is 0 Å². The number of rotatable bonds is 5. The quantitative estimate of drug-likeness (QED) is 0.837. The molecule has 1 atom stereocenters. The van der Waals surface area contributed by atoms with Crippen molar-refractivity contribution >= 4 is 27.3 Å². The minimum atomic E-state index is -3.50. The van der Waals surface area contributed by atoms with Crippen LogP contribution in [0.25, 0.3) is 0 Å². The lowest BCUT2D eigenvalue weighted by molar-refractivity contribution is 0.561. The van der Waals surface area contributed by atoms with E-state index in [2.05, 4.69) is 9.62 Å². The summed E-state index contributed by atoms with van der Waals surface area (Å²) in [5, 5.41) is 0.642. The Morgan fingerprint density at radius 2 is 1.96 bits per heavy atom. The van der Waals surface area contributed by atoms with Crippen LogP contribution in [-0.4, -0.2) is 27.5 Å². The van der Waals surface area contributed by atoms with E-state index in [9.17, 15) is 8.42 Å². The van der Waals surface area contributed by atoms with Gasteiger partial charge in [-0.15, -0.1) is 0 Å². The SMILES string of the molecule is Cc1ccc(S(=O)(=O)N[C@@H]2CCN(c3ccc(CN)c(Cl)c3)C2)cc1. The molecular formula is C18H22ClN3O2S. The van der Waals surface area contributed by atoms with E-state index in [1.807, 2.05) is 25.1 Å². The highest BCUT2D eigenvalue weighted by Gasteiger charge is 2.27. The number of aryl methyl sites for hydroxylation is 1. The summed E-state index contributed by atoms with van der Waals surface area (Å²) >= 11 is 6.23. The molecule has 0 aliphatic carbocycles. The van der Waals surface area contributed by atoms with E-state index in [4.69, 9.17) is 17.3 Å². The van der Waals surface area contributed by atoms with Crippen LogP contribution in [0.4, 0.5) is 5.69 Å². The van der Waals surface area contributed by atoms with E-state index in [0.717, 1.165) is 29.8 Å². The Hall–Kier alpha value is -1.60. The fourth-order valence-corrected chi connectivity index (χ4v) is 4.51. The Morgan fingerprint density at radius 3 is 2.60 bits per heavy atom. The van der Waals surface area contributed by atoms with Crippen molar-refractivity contribution in [2.24, 2.45) is 5.73 Å². The zero-order valence-corrected chi connectivity index (χ0v) is 15.6. The van der Waals surface area contributed by atoms with Gasteiger partial charge in [0.05, 0.1) is 4.90 Å². The zero-order valence-electron chi connectivity index (χ0n) is 14.1. The molecule has 0 saturated carbocycles. The monoisotopic (exact) mass is 379 g/mol. The highest BCUT2D eigenvalue weighted by molar-refractivity contribution is 7.89. The number of halogens is 1. The predicted molar refractivity (Wildman–Crippen MR) is 101 cm³/mol. The van der Waals surface area contributed by atoms with E-state index >= 15 is 0 Å². The molecule has 7 heteroatoms. The molecule has 1 heterocycles. The lowest BCUT2D eigenvalue weighted by Crippen LogP contribution is -2.37. The minimum Gasteiger partial charge on any atom is -0.370 e. The molecule has 0 amide bonds. The second kappa shape index (κ2) is 7.33. The first-order valence-electron chi connectivity index (χ1n) is 8.21. The lowest BCUT2D eigenvalue weighted by Gasteiger charge is -2.20. The molecule has 0 radical (unpaired) electrons. The molecule has 0 aromatic heterocycles. The van der Waals surface area contributed by atoms with E-state index in [1.165, 1.54) is 0 Å². The van der Waals surface area contributed by atoms with Gasteiger partial charge in [-0.3, -0.25) is 0 Å². The van der Waals surface area contributed by atoms with Gasteiger partial charge in [0.15, 0.2) is 0 Å². The molecule has 3 N–H and O–H groups in total. The van der Waals surface area contributed by atoms with Crippen molar-refractivity contribution in [2.75, 3.05) is 18.0 Å². The molecule has 2 aromatic carbocycles. The number of benzene rings is 2. The van der Waals surface area contributed by atoms with Crippen molar-refractivity contribution in [3.8, 4) is 0 Å². The van der Waals surface area contributed by atoms with Crippen molar-refractivity contribution in [3.05, 3.63) is 58.6 Å². The van der Waals surface area contributed by atoms with E-state index < -0.39 is 10.0 Å². The molecule has 25 heavy (non-hydrogen) atoms. The Balaban J connectivity index is 1.68. The summed E-state index contributed by atoms with van der Waals surface area (Å²) in [6.07, 6.45) is 0.751. The van der Waals surface area contributed by atoms with Crippen LogP contribution in [0.2, 0.25) is 5.02 Å². The molecule has 1 saturated heterocycles. The normalized spacial score (nSPS) is 17.9. The maximum Gasteiger partial charge on any atom is 0.240 e. The summed E-state index contributed by atoms with van der Waals surface area (Å²) < 4.78 is 27.8. The molecule has 5 nitrogen and oxygen atoms in total. The molecule has 1 fully saturated rings. The summed E-state index contributed by atoms with van der Waals surface area (Å²) in [6.45, 7) is 3.72. The van der Waals surface area contributed by atoms with Gasteiger partial charge in [-0.05, 0) is 43.2 Å². The summed E-state index contributed by atoms with van der Waals surface area (Å²) in [7, 11) is -3.50. The summed E-state index contributed by atoms with van der Waals surface area (Å²) in [6, 6.07) is 12.5. The highest BCUT2D eigenvalue weighted by atomic mass is 35.5. The van der Waals surface area contributed by atoms with Crippen LogP contribution >= 0.6 is 11.6 Å². The molecule has 1 aliphatic heterocycles. The molecule has 0 spiro atoms. The molecule has 0 bridgehead atoms. The molecule has 0 unspecified atom stereocenters. The lowest BCUT2D eigenvalue weighted by atomic mass is 10.2. The maximum absolute atomic E-state index is 12.5. The third kappa shape index (κ3) is 4.15. The number of anilines is 1. The topological polar surface area (TPSA) is 75.4 Å². The van der Waals surface area contributed by atoms with Gasteiger partial charge in [0.1, 0.15) is 0 Å². The number of nitrogens with zero attached hydrogens (tertiary/aromatic N) is 1. The number of hydrogen-bond donors (Lipinski definition) is 2. The third-order valence-electron chi connectivity index (χ3n) is 4.46. The molecule has 2 aromatic rings. The molecular weight excluding hydrogens is 358 g/mol. The number of nitrogens with two attached hydrogens (primary N) is 1. The summed E-state index contributed by atoms with van der Waals surface area (Å²) in [5.41, 5.74) is 8.56. The fourth-order valence-electron chi connectivity index (χ4n) is 2.99. The van der Waals surface area contributed by atoms with Crippen LogP contribution < -0.4 is 15.4 Å². The van der Waals surface area contributed by atoms with Gasteiger partial charge in [-0.1, -0.05) is 35.4 Å². The van der Waals surface area contributed by atoms with Gasteiger partial charge in [-0.2, -0.15) is 0 Å². The number of sulfonamides is 1. The van der Waals surface area contributed by atoms with Crippen LogP contribution in [0.5, 0.6) is 0 Å². The van der Waals surface area contributed by atoms with Crippen LogP contribution in [0, 0.1) is 6.92 Å². The average Bonchev–Trinajstić information content (AvgIpc) is 3.03. The molecule has 3 rings (SSSR count). The summed E-state index contributed by atoms with van der Waals surface area (Å²) in [5.74, 6) is 0. The second-order valence-corrected chi connectivity index (χ2v) is 8.47. The van der Waals surface area contributed by atoms with Crippen LogP contribution in [-0.2, 0) is 16.6 Å². The van der Waals surface area contributed by atoms with Gasteiger partial charge in [0.2, 0.25) is 10.0 Å². The average molecular weight is 380 g/mol. The third-order valence-corrected chi connectivity index (χ3v) is 6.35. The summed E-state index contributed by atoms with van der Waals surface area (Å²) in [4.78, 5) is 2.43. The Morgan fingerprint density at radius 1 is 1.24 bits per heavy atom. The first-order valence-corrected chi connectivity index (χ1v) is 10.1. The van der Waals surface area contributed by atoms with Crippen molar-refractivity contribution in [1.82, 2.24) is 4.72 Å². The van der Waals surface area contributed by atoms with Crippen molar-refractivity contribution in [3.63, 3.8) is 0 Å². The van der Waals surface area contributed by atoms with Gasteiger partial charge in [0, 0.05) is 36.4 Å². The molecule has 1 aliphatic rings. The maximum atomic E-state index is 12.5. The fraction of sp³-hybridized carbons (Fsp3) is 0.333. The van der Waals surface area contributed by atoms with Gasteiger partial charge in [-0.25, -0.2) is 13.1 Å². The van der Waals surface area contributed by atoms with Crippen LogP contribution in [0.1, 0.15) is 17.5 Å². The van der Waals surface area contributed by atoms with Gasteiger partial charge in [0.25, 0.3) is 0 Å². The Bertz CT molecular complexity index is 853. The largest absolute Gasteiger partial charge is 0.370 e. The molecule has 134 valence electrons. The van der Waals surface area contributed by atoms with Crippen molar-refractivity contribution in [1.29, 1.82) is 0 Å². The van der Waals surface area contributed by atoms with E-state index in [0.29, 0.717) is 23.0 Å². The Kier molecular flexibility index (Phi) is 5.34. The highest BCUT2D eigenvalue weighted by Crippen LogP contribution is 2.26. The zero-order chi connectivity index (χ0) is 18.0.